The number of alkyl halides is 2. The zero-order valence-electron chi connectivity index (χ0n) is 6.35. The van der Waals surface area contributed by atoms with E-state index in [1.807, 2.05) is 4.98 Å². The Hall–Kier alpha value is -0.940. The minimum Gasteiger partial charge on any atom is -0.392 e. The fourth-order valence-electron chi connectivity index (χ4n) is 0.922. The first-order valence-electron chi connectivity index (χ1n) is 3.37. The lowest BCUT2D eigenvalue weighted by molar-refractivity contribution is 0.141. The van der Waals surface area contributed by atoms with Crippen molar-refractivity contribution in [1.82, 2.24) is 4.98 Å². The van der Waals surface area contributed by atoms with Crippen LogP contribution in [0.4, 0.5) is 8.78 Å². The molecule has 0 aromatic carbocycles. The zero-order chi connectivity index (χ0) is 10.0. The van der Waals surface area contributed by atoms with Crippen LogP contribution in [-0.4, -0.2) is 10.1 Å². The van der Waals surface area contributed by atoms with Crippen molar-refractivity contribution in [1.29, 1.82) is 0 Å². The van der Waals surface area contributed by atoms with Gasteiger partial charge in [0.2, 0.25) is 5.56 Å². The lowest BCUT2D eigenvalue weighted by atomic mass is 10.2. The molecule has 0 saturated carbocycles. The van der Waals surface area contributed by atoms with Crippen LogP contribution in [0.1, 0.15) is 17.7 Å². The molecule has 0 radical (unpaired) electrons. The number of pyridine rings is 1. The van der Waals surface area contributed by atoms with Crippen molar-refractivity contribution in [3.05, 3.63) is 32.7 Å². The largest absolute Gasteiger partial charge is 0.392 e. The Morgan fingerprint density at radius 2 is 2.23 bits per heavy atom. The summed E-state index contributed by atoms with van der Waals surface area (Å²) in [5.41, 5.74) is -1.48. The molecule has 72 valence electrons. The van der Waals surface area contributed by atoms with Gasteiger partial charge in [-0.05, 0) is 0 Å². The molecular weight excluding hydrogens is 204 g/mol. The average molecular weight is 210 g/mol. The van der Waals surface area contributed by atoms with E-state index in [4.69, 9.17) is 16.7 Å². The predicted octanol–water partition coefficient (Wildman–Crippen LogP) is 1.46. The van der Waals surface area contributed by atoms with Crippen molar-refractivity contribution >= 4 is 11.6 Å². The second kappa shape index (κ2) is 3.85. The highest BCUT2D eigenvalue weighted by molar-refractivity contribution is 6.31. The van der Waals surface area contributed by atoms with Crippen LogP contribution >= 0.6 is 11.6 Å². The molecule has 0 saturated heterocycles. The smallest absolute Gasteiger partial charge is 0.278 e. The van der Waals surface area contributed by atoms with Crippen LogP contribution in [0.5, 0.6) is 0 Å². The third-order valence-corrected chi connectivity index (χ3v) is 1.84. The van der Waals surface area contributed by atoms with Gasteiger partial charge in [-0.25, -0.2) is 8.78 Å². The molecule has 3 nitrogen and oxygen atoms in total. The van der Waals surface area contributed by atoms with Gasteiger partial charge in [-0.15, -0.1) is 0 Å². The molecule has 6 heteroatoms. The van der Waals surface area contributed by atoms with E-state index in [-0.39, 0.29) is 10.6 Å². The highest BCUT2D eigenvalue weighted by Gasteiger charge is 2.16. The maximum absolute atomic E-state index is 12.2. The summed E-state index contributed by atoms with van der Waals surface area (Å²) in [5.74, 6) is 0. The summed E-state index contributed by atoms with van der Waals surface area (Å²) in [7, 11) is 0. The molecule has 0 unspecified atom stereocenters. The maximum atomic E-state index is 12.2. The molecule has 0 atom stereocenters. The van der Waals surface area contributed by atoms with E-state index in [2.05, 4.69) is 0 Å². The minimum absolute atomic E-state index is 0.142. The Morgan fingerprint density at radius 1 is 1.62 bits per heavy atom. The first-order valence-corrected chi connectivity index (χ1v) is 3.74. The van der Waals surface area contributed by atoms with Crippen LogP contribution in [-0.2, 0) is 6.61 Å². The van der Waals surface area contributed by atoms with Crippen LogP contribution in [0.25, 0.3) is 0 Å². The van der Waals surface area contributed by atoms with Gasteiger partial charge in [0.15, 0.2) is 0 Å². The predicted molar refractivity (Wildman–Crippen MR) is 43.0 cm³/mol. The highest BCUT2D eigenvalue weighted by Crippen LogP contribution is 2.24. The Balaban J connectivity index is 3.38. The van der Waals surface area contributed by atoms with Crippen molar-refractivity contribution < 1.29 is 13.9 Å². The molecule has 0 aliphatic rings. The van der Waals surface area contributed by atoms with Crippen LogP contribution in [0, 0.1) is 0 Å². The number of aromatic amines is 1. The molecule has 1 aromatic heterocycles. The first-order chi connectivity index (χ1) is 6.06. The third-order valence-electron chi connectivity index (χ3n) is 1.51. The number of aliphatic hydroxyl groups excluding tert-OH is 1. The molecule has 0 aliphatic heterocycles. The van der Waals surface area contributed by atoms with Gasteiger partial charge < -0.3 is 10.1 Å². The van der Waals surface area contributed by atoms with Crippen molar-refractivity contribution in [3.63, 3.8) is 0 Å². The van der Waals surface area contributed by atoms with Crippen molar-refractivity contribution in [2.24, 2.45) is 0 Å². The van der Waals surface area contributed by atoms with Gasteiger partial charge in [-0.3, -0.25) is 4.79 Å². The Morgan fingerprint density at radius 3 is 2.69 bits per heavy atom. The summed E-state index contributed by atoms with van der Waals surface area (Å²) in [4.78, 5) is 12.6. The van der Waals surface area contributed by atoms with Crippen LogP contribution in [0.3, 0.4) is 0 Å². The van der Waals surface area contributed by atoms with E-state index >= 15 is 0 Å². The summed E-state index contributed by atoms with van der Waals surface area (Å²) in [6.45, 7) is -0.630. The van der Waals surface area contributed by atoms with Gasteiger partial charge in [0.05, 0.1) is 17.3 Å². The Labute approximate surface area is 77.0 Å². The van der Waals surface area contributed by atoms with Crippen molar-refractivity contribution in [2.75, 3.05) is 0 Å². The van der Waals surface area contributed by atoms with E-state index < -0.39 is 24.3 Å². The molecule has 0 aliphatic carbocycles. The van der Waals surface area contributed by atoms with E-state index in [1.54, 1.807) is 0 Å². The fraction of sp³-hybridized carbons (Fsp3) is 0.286. The van der Waals surface area contributed by atoms with Crippen LogP contribution < -0.4 is 5.56 Å². The van der Waals surface area contributed by atoms with Crippen molar-refractivity contribution in [3.8, 4) is 0 Å². The number of rotatable bonds is 2. The Bertz CT molecular complexity index is 364. The molecule has 0 bridgehead atoms. The van der Waals surface area contributed by atoms with Gasteiger partial charge in [-0.1, -0.05) is 11.6 Å². The number of hydrogen-bond acceptors (Lipinski definition) is 2. The standard InChI is InChI=1S/C7H6ClF2NO2/c8-4-1-5(13)11-6(7(9)10)3(4)2-12/h1,7,12H,2H2,(H,11,13). The van der Waals surface area contributed by atoms with Gasteiger partial charge in [0, 0.05) is 11.6 Å². The molecular formula is C7H6ClF2NO2. The monoisotopic (exact) mass is 209 g/mol. The Kier molecular flexibility index (Phi) is 3.00. The van der Waals surface area contributed by atoms with Crippen LogP contribution in [0.2, 0.25) is 5.02 Å². The number of H-pyrrole nitrogens is 1. The molecule has 2 N–H and O–H groups in total. The maximum Gasteiger partial charge on any atom is 0.278 e. The second-order valence-corrected chi connectivity index (χ2v) is 2.74. The molecule has 0 spiro atoms. The minimum atomic E-state index is -2.85. The second-order valence-electron chi connectivity index (χ2n) is 2.33. The molecule has 1 aromatic rings. The van der Waals surface area contributed by atoms with Gasteiger partial charge in [0.25, 0.3) is 6.43 Å². The van der Waals surface area contributed by atoms with E-state index in [0.717, 1.165) is 6.07 Å². The number of halogens is 3. The van der Waals surface area contributed by atoms with Crippen LogP contribution in [0.15, 0.2) is 10.9 Å². The van der Waals surface area contributed by atoms with E-state index in [9.17, 15) is 13.6 Å². The lowest BCUT2D eigenvalue weighted by Gasteiger charge is -2.06. The van der Waals surface area contributed by atoms with Gasteiger partial charge >= 0.3 is 0 Å². The first kappa shape index (κ1) is 10.1. The third kappa shape index (κ3) is 2.05. The summed E-state index contributed by atoms with van der Waals surface area (Å²) in [5, 5.41) is 8.55. The summed E-state index contributed by atoms with van der Waals surface area (Å²) >= 11 is 5.47. The quantitative estimate of drug-likeness (QED) is 0.775. The van der Waals surface area contributed by atoms with Gasteiger partial charge in [-0.2, -0.15) is 0 Å². The van der Waals surface area contributed by atoms with Crippen molar-refractivity contribution in [2.45, 2.75) is 13.0 Å². The molecule has 1 heterocycles. The summed E-state index contributed by atoms with van der Waals surface area (Å²) in [6.07, 6.45) is -2.85. The van der Waals surface area contributed by atoms with E-state index in [0.29, 0.717) is 0 Å². The zero-order valence-corrected chi connectivity index (χ0v) is 7.11. The summed E-state index contributed by atoms with van der Waals surface area (Å²) in [6, 6.07) is 0.943. The number of aliphatic hydroxyl groups is 1. The molecule has 1 rings (SSSR count). The SMILES string of the molecule is O=c1cc(Cl)c(CO)c(C(F)F)[nH]1. The highest BCUT2D eigenvalue weighted by atomic mass is 35.5. The van der Waals surface area contributed by atoms with E-state index in [1.165, 1.54) is 0 Å². The topological polar surface area (TPSA) is 53.1 Å². The summed E-state index contributed by atoms with van der Waals surface area (Å²) < 4.78 is 24.5. The van der Waals surface area contributed by atoms with Gasteiger partial charge in [0.1, 0.15) is 0 Å². The molecule has 0 amide bonds. The number of nitrogens with one attached hydrogen (secondary N) is 1. The lowest BCUT2D eigenvalue weighted by Crippen LogP contribution is -2.11. The normalized spacial score (nSPS) is 10.8. The molecule has 13 heavy (non-hydrogen) atoms. The fourth-order valence-corrected chi connectivity index (χ4v) is 1.18. The number of hydrogen-bond donors (Lipinski definition) is 2. The average Bonchev–Trinajstić information content (AvgIpc) is 2.02. The number of aromatic nitrogens is 1. The molecule has 0 fully saturated rings.